The average molecular weight is 225 g/mol. The van der Waals surface area contributed by atoms with Gasteiger partial charge in [0.2, 0.25) is 0 Å². The molecule has 1 aromatic rings. The van der Waals surface area contributed by atoms with E-state index in [1.807, 2.05) is 11.8 Å². The maximum Gasteiger partial charge on any atom is 0.0552 e. The summed E-state index contributed by atoms with van der Waals surface area (Å²) in [5.41, 5.74) is 8.56. The molecule has 0 aromatic heterocycles. The number of hydrogen-bond donors (Lipinski definition) is 1. The summed E-state index contributed by atoms with van der Waals surface area (Å²) >= 11 is 1.83. The van der Waals surface area contributed by atoms with Crippen LogP contribution in [0, 0.1) is 6.92 Å². The predicted octanol–water partition coefficient (Wildman–Crippen LogP) is 2.37. The quantitative estimate of drug-likeness (QED) is 0.755. The van der Waals surface area contributed by atoms with Gasteiger partial charge in [-0.2, -0.15) is 11.8 Å². The van der Waals surface area contributed by atoms with Crippen LogP contribution in [0.5, 0.6) is 0 Å². The molecule has 0 radical (unpaired) electrons. The normalized spacial score (nSPS) is 12.7. The molecule has 0 spiro atoms. The van der Waals surface area contributed by atoms with E-state index in [2.05, 4.69) is 31.2 Å². The lowest BCUT2D eigenvalue weighted by Crippen LogP contribution is -2.13. The smallest absolute Gasteiger partial charge is 0.0552 e. The number of rotatable bonds is 6. The molecule has 0 heterocycles. The van der Waals surface area contributed by atoms with E-state index in [1.54, 1.807) is 7.11 Å². The molecule has 3 heteroatoms. The molecule has 0 amide bonds. The summed E-state index contributed by atoms with van der Waals surface area (Å²) in [5, 5.41) is 0. The van der Waals surface area contributed by atoms with Crippen LogP contribution in [-0.4, -0.2) is 25.2 Å². The first kappa shape index (κ1) is 12.6. The summed E-state index contributed by atoms with van der Waals surface area (Å²) in [5.74, 6) is 1.96. The summed E-state index contributed by atoms with van der Waals surface area (Å²) in [6.07, 6.45) is 0. The Balaban J connectivity index is 2.33. The topological polar surface area (TPSA) is 35.2 Å². The average Bonchev–Trinajstić information content (AvgIpc) is 2.25. The van der Waals surface area contributed by atoms with E-state index in [1.165, 1.54) is 11.1 Å². The van der Waals surface area contributed by atoms with Crippen molar-refractivity contribution in [3.8, 4) is 0 Å². The van der Waals surface area contributed by atoms with Crippen molar-refractivity contribution >= 4 is 11.8 Å². The van der Waals surface area contributed by atoms with Crippen molar-refractivity contribution in [1.82, 2.24) is 0 Å². The van der Waals surface area contributed by atoms with E-state index in [-0.39, 0.29) is 6.04 Å². The Hall–Kier alpha value is -0.510. The van der Waals surface area contributed by atoms with Crippen LogP contribution in [0.3, 0.4) is 0 Å². The van der Waals surface area contributed by atoms with Crippen molar-refractivity contribution in [1.29, 1.82) is 0 Å². The summed E-state index contributed by atoms with van der Waals surface area (Å²) in [6, 6.07) is 8.56. The van der Waals surface area contributed by atoms with Crippen LogP contribution < -0.4 is 5.73 Å². The minimum atomic E-state index is 0.132. The first-order valence-corrected chi connectivity index (χ1v) is 6.28. The Bertz CT molecular complexity index is 273. The van der Waals surface area contributed by atoms with Crippen LogP contribution in [0.2, 0.25) is 0 Å². The third-order valence-electron chi connectivity index (χ3n) is 2.23. The number of aryl methyl sites for hydroxylation is 1. The summed E-state index contributed by atoms with van der Waals surface area (Å²) in [6.45, 7) is 2.88. The Morgan fingerprint density at radius 3 is 2.60 bits per heavy atom. The predicted molar refractivity (Wildman–Crippen MR) is 67.3 cm³/mol. The molecule has 0 bridgehead atoms. The van der Waals surface area contributed by atoms with Crippen molar-refractivity contribution < 1.29 is 4.74 Å². The molecule has 0 saturated carbocycles. The standard InChI is InChI=1S/C12H19NOS/c1-10-3-5-11(6-4-10)12(13)9-15-8-7-14-2/h3-6,12H,7-9,13H2,1-2H3. The number of thioether (sulfide) groups is 1. The molecule has 15 heavy (non-hydrogen) atoms. The second-order valence-electron chi connectivity index (χ2n) is 3.58. The SMILES string of the molecule is COCCSCC(N)c1ccc(C)cc1. The second kappa shape index (κ2) is 6.88. The van der Waals surface area contributed by atoms with Crippen LogP contribution in [0.4, 0.5) is 0 Å². The van der Waals surface area contributed by atoms with Gasteiger partial charge >= 0.3 is 0 Å². The van der Waals surface area contributed by atoms with Crippen LogP contribution >= 0.6 is 11.8 Å². The van der Waals surface area contributed by atoms with Crippen LogP contribution in [0.1, 0.15) is 17.2 Å². The molecule has 0 aliphatic carbocycles. The molecule has 1 aromatic carbocycles. The van der Waals surface area contributed by atoms with Gasteiger partial charge in [0.05, 0.1) is 6.61 Å². The van der Waals surface area contributed by atoms with Gasteiger partial charge in [-0.1, -0.05) is 29.8 Å². The molecule has 1 unspecified atom stereocenters. The van der Waals surface area contributed by atoms with E-state index < -0.39 is 0 Å². The van der Waals surface area contributed by atoms with Gasteiger partial charge in [-0.25, -0.2) is 0 Å². The molecule has 84 valence electrons. The van der Waals surface area contributed by atoms with E-state index in [0.717, 1.165) is 18.1 Å². The second-order valence-corrected chi connectivity index (χ2v) is 4.73. The fraction of sp³-hybridized carbons (Fsp3) is 0.500. The maximum atomic E-state index is 6.07. The highest BCUT2D eigenvalue weighted by molar-refractivity contribution is 7.99. The zero-order chi connectivity index (χ0) is 11.1. The third kappa shape index (κ3) is 4.69. The molecule has 1 atom stereocenters. The minimum absolute atomic E-state index is 0.132. The third-order valence-corrected chi connectivity index (χ3v) is 3.28. The molecule has 0 fully saturated rings. The van der Waals surface area contributed by atoms with Gasteiger partial charge in [-0.05, 0) is 12.5 Å². The van der Waals surface area contributed by atoms with Crippen molar-refractivity contribution in [2.45, 2.75) is 13.0 Å². The van der Waals surface area contributed by atoms with Gasteiger partial charge < -0.3 is 10.5 Å². The first-order chi connectivity index (χ1) is 7.24. The van der Waals surface area contributed by atoms with Crippen LogP contribution in [-0.2, 0) is 4.74 Å². The molecule has 0 aliphatic rings. The van der Waals surface area contributed by atoms with Gasteiger partial charge in [0, 0.05) is 24.7 Å². The number of benzene rings is 1. The minimum Gasteiger partial charge on any atom is -0.384 e. The van der Waals surface area contributed by atoms with Gasteiger partial charge in [-0.3, -0.25) is 0 Å². The number of hydrogen-bond acceptors (Lipinski definition) is 3. The highest BCUT2D eigenvalue weighted by Crippen LogP contribution is 2.16. The highest BCUT2D eigenvalue weighted by atomic mass is 32.2. The molecule has 2 nitrogen and oxygen atoms in total. The van der Waals surface area contributed by atoms with E-state index in [4.69, 9.17) is 10.5 Å². The maximum absolute atomic E-state index is 6.07. The lowest BCUT2D eigenvalue weighted by Gasteiger charge is -2.11. The lowest BCUT2D eigenvalue weighted by molar-refractivity contribution is 0.218. The molecule has 0 saturated heterocycles. The number of ether oxygens (including phenoxy) is 1. The Morgan fingerprint density at radius 2 is 2.00 bits per heavy atom. The summed E-state index contributed by atoms with van der Waals surface area (Å²) in [4.78, 5) is 0. The van der Waals surface area contributed by atoms with Crippen LogP contribution in [0.15, 0.2) is 24.3 Å². The van der Waals surface area contributed by atoms with Crippen molar-refractivity contribution in [2.75, 3.05) is 25.2 Å². The Kier molecular flexibility index (Phi) is 5.76. The molecule has 2 N–H and O–H groups in total. The number of nitrogens with two attached hydrogens (primary N) is 1. The highest BCUT2D eigenvalue weighted by Gasteiger charge is 2.04. The van der Waals surface area contributed by atoms with Crippen molar-refractivity contribution in [2.24, 2.45) is 5.73 Å². The van der Waals surface area contributed by atoms with Gasteiger partial charge in [0.25, 0.3) is 0 Å². The zero-order valence-electron chi connectivity index (χ0n) is 9.40. The van der Waals surface area contributed by atoms with Gasteiger partial charge in [-0.15, -0.1) is 0 Å². The fourth-order valence-electron chi connectivity index (χ4n) is 1.26. The van der Waals surface area contributed by atoms with Crippen LogP contribution in [0.25, 0.3) is 0 Å². The zero-order valence-corrected chi connectivity index (χ0v) is 10.2. The Morgan fingerprint density at radius 1 is 1.33 bits per heavy atom. The molecular weight excluding hydrogens is 206 g/mol. The first-order valence-electron chi connectivity index (χ1n) is 5.13. The van der Waals surface area contributed by atoms with E-state index in [0.29, 0.717) is 0 Å². The van der Waals surface area contributed by atoms with Gasteiger partial charge in [0.15, 0.2) is 0 Å². The molecular formula is C12H19NOS. The van der Waals surface area contributed by atoms with E-state index >= 15 is 0 Å². The van der Waals surface area contributed by atoms with Crippen molar-refractivity contribution in [3.63, 3.8) is 0 Å². The van der Waals surface area contributed by atoms with E-state index in [9.17, 15) is 0 Å². The largest absolute Gasteiger partial charge is 0.384 e. The van der Waals surface area contributed by atoms with Crippen molar-refractivity contribution in [3.05, 3.63) is 35.4 Å². The number of methoxy groups -OCH3 is 1. The summed E-state index contributed by atoms with van der Waals surface area (Å²) in [7, 11) is 1.72. The molecule has 0 aliphatic heterocycles. The Labute approximate surface area is 96.2 Å². The summed E-state index contributed by atoms with van der Waals surface area (Å²) < 4.78 is 4.98. The van der Waals surface area contributed by atoms with Gasteiger partial charge in [0.1, 0.15) is 0 Å². The molecule has 1 rings (SSSR count). The fourth-order valence-corrected chi connectivity index (χ4v) is 2.16. The monoisotopic (exact) mass is 225 g/mol. The lowest BCUT2D eigenvalue weighted by atomic mass is 10.1.